The lowest BCUT2D eigenvalue weighted by Crippen LogP contribution is -2.37. The van der Waals surface area contributed by atoms with E-state index in [0.29, 0.717) is 49.2 Å². The van der Waals surface area contributed by atoms with E-state index in [1.54, 1.807) is 36.4 Å². The van der Waals surface area contributed by atoms with E-state index in [1.807, 2.05) is 12.1 Å². The lowest BCUT2D eigenvalue weighted by atomic mass is 9.72. The summed E-state index contributed by atoms with van der Waals surface area (Å²) in [5.41, 5.74) is 1.48. The zero-order valence-corrected chi connectivity index (χ0v) is 17.3. The highest BCUT2D eigenvalue weighted by atomic mass is 19.1. The molecule has 2 aliphatic heterocycles. The average Bonchev–Trinajstić information content (AvgIpc) is 3.42. The number of nitrogens with zero attached hydrogens (tertiary/aromatic N) is 4. The van der Waals surface area contributed by atoms with Gasteiger partial charge in [-0.1, -0.05) is 6.07 Å². The fourth-order valence-corrected chi connectivity index (χ4v) is 4.64. The summed E-state index contributed by atoms with van der Waals surface area (Å²) < 4.78 is 25.7. The average molecular weight is 422 g/mol. The molecule has 2 saturated heterocycles. The van der Waals surface area contributed by atoms with Gasteiger partial charge in [0.1, 0.15) is 5.82 Å². The molecule has 3 aromatic rings. The second-order valence-electron chi connectivity index (χ2n) is 8.36. The highest BCUT2D eigenvalue weighted by molar-refractivity contribution is 5.94. The first kappa shape index (κ1) is 19.8. The van der Waals surface area contributed by atoms with Crippen LogP contribution < -0.4 is 0 Å². The smallest absolute Gasteiger partial charge is 0.253 e. The number of rotatable bonds is 3. The standard InChI is InChI=1S/C23H23FN4O3/c1-15-2-3-17(12-19(15)24)22(29)28-13-18(23(14-28)6-10-30-11-7-23)21-27-26-20(31-21)16-4-8-25-9-5-16/h2-5,8-9,12,18H,6-7,10-11,13-14H2,1H3. The molecule has 0 bridgehead atoms. The van der Waals surface area contributed by atoms with Crippen LogP contribution in [0.25, 0.3) is 11.5 Å². The van der Waals surface area contributed by atoms with Crippen LogP contribution in [0.3, 0.4) is 0 Å². The molecule has 1 atom stereocenters. The minimum absolute atomic E-state index is 0.0984. The molecule has 5 rings (SSSR count). The second kappa shape index (κ2) is 7.85. The van der Waals surface area contributed by atoms with E-state index in [2.05, 4.69) is 15.2 Å². The minimum Gasteiger partial charge on any atom is -0.420 e. The van der Waals surface area contributed by atoms with Crippen LogP contribution in [-0.4, -0.2) is 52.3 Å². The van der Waals surface area contributed by atoms with Crippen molar-refractivity contribution in [3.63, 3.8) is 0 Å². The van der Waals surface area contributed by atoms with Crippen LogP contribution >= 0.6 is 0 Å². The number of hydrogen-bond acceptors (Lipinski definition) is 6. The van der Waals surface area contributed by atoms with Crippen LogP contribution in [0.4, 0.5) is 4.39 Å². The number of likely N-dealkylation sites (tertiary alicyclic amines) is 1. The molecule has 4 heterocycles. The summed E-state index contributed by atoms with van der Waals surface area (Å²) in [5.74, 6) is 0.310. The van der Waals surface area contributed by atoms with Crippen molar-refractivity contribution in [1.29, 1.82) is 0 Å². The van der Waals surface area contributed by atoms with Gasteiger partial charge in [-0.15, -0.1) is 10.2 Å². The van der Waals surface area contributed by atoms with Gasteiger partial charge in [-0.05, 0) is 49.6 Å². The third-order valence-corrected chi connectivity index (χ3v) is 6.51. The molecule has 0 radical (unpaired) electrons. The first-order chi connectivity index (χ1) is 15.1. The van der Waals surface area contributed by atoms with E-state index >= 15 is 0 Å². The Kier molecular flexibility index (Phi) is 5.02. The van der Waals surface area contributed by atoms with Crippen molar-refractivity contribution in [2.75, 3.05) is 26.3 Å². The summed E-state index contributed by atoms with van der Waals surface area (Å²) in [6, 6.07) is 8.27. The molecule has 0 saturated carbocycles. The zero-order chi connectivity index (χ0) is 21.4. The Labute approximate surface area is 179 Å². The molecule has 0 N–H and O–H groups in total. The molecule has 2 fully saturated rings. The zero-order valence-electron chi connectivity index (χ0n) is 17.3. The Morgan fingerprint density at radius 2 is 1.94 bits per heavy atom. The number of halogens is 1. The van der Waals surface area contributed by atoms with Crippen LogP contribution in [0.15, 0.2) is 47.1 Å². The van der Waals surface area contributed by atoms with Gasteiger partial charge in [0.05, 0.1) is 5.92 Å². The van der Waals surface area contributed by atoms with Gasteiger partial charge < -0.3 is 14.1 Å². The van der Waals surface area contributed by atoms with Crippen molar-refractivity contribution in [1.82, 2.24) is 20.1 Å². The number of carbonyl (C=O) groups excluding carboxylic acids is 1. The van der Waals surface area contributed by atoms with Crippen molar-refractivity contribution < 1.29 is 18.3 Å². The maximum atomic E-state index is 14.1. The number of hydrogen-bond donors (Lipinski definition) is 0. The Morgan fingerprint density at radius 1 is 1.16 bits per heavy atom. The molecule has 8 heteroatoms. The summed E-state index contributed by atoms with van der Waals surface area (Å²) >= 11 is 0. The van der Waals surface area contributed by atoms with Gasteiger partial charge in [0.15, 0.2) is 0 Å². The lowest BCUT2D eigenvalue weighted by Gasteiger charge is -2.36. The first-order valence-electron chi connectivity index (χ1n) is 10.4. The van der Waals surface area contributed by atoms with E-state index < -0.39 is 0 Å². The maximum absolute atomic E-state index is 14.1. The van der Waals surface area contributed by atoms with Gasteiger partial charge in [0, 0.05) is 55.2 Å². The highest BCUT2D eigenvalue weighted by Gasteiger charge is 2.51. The number of pyridine rings is 1. The number of benzene rings is 1. The summed E-state index contributed by atoms with van der Waals surface area (Å²) in [5, 5.41) is 8.57. The Hall–Kier alpha value is -3.13. The maximum Gasteiger partial charge on any atom is 0.253 e. The molecule has 1 amide bonds. The van der Waals surface area contributed by atoms with Crippen LogP contribution in [0.5, 0.6) is 0 Å². The summed E-state index contributed by atoms with van der Waals surface area (Å²) in [7, 11) is 0. The normalized spacial score (nSPS) is 20.3. The van der Waals surface area contributed by atoms with E-state index in [4.69, 9.17) is 9.15 Å². The van der Waals surface area contributed by atoms with Gasteiger partial charge in [-0.2, -0.15) is 0 Å². The van der Waals surface area contributed by atoms with E-state index in [-0.39, 0.29) is 23.1 Å². The van der Waals surface area contributed by atoms with Gasteiger partial charge >= 0.3 is 0 Å². The molecule has 1 aromatic carbocycles. The monoisotopic (exact) mass is 422 g/mol. The van der Waals surface area contributed by atoms with E-state index in [9.17, 15) is 9.18 Å². The Balaban J connectivity index is 1.45. The number of aryl methyl sites for hydroxylation is 1. The van der Waals surface area contributed by atoms with Gasteiger partial charge in [-0.3, -0.25) is 9.78 Å². The van der Waals surface area contributed by atoms with Crippen molar-refractivity contribution in [3.05, 3.63) is 65.6 Å². The molecule has 2 aromatic heterocycles. The van der Waals surface area contributed by atoms with E-state index in [0.717, 1.165) is 18.4 Å². The first-order valence-corrected chi connectivity index (χ1v) is 10.4. The molecular formula is C23H23FN4O3. The molecule has 2 aliphatic rings. The second-order valence-corrected chi connectivity index (χ2v) is 8.36. The third kappa shape index (κ3) is 3.61. The largest absolute Gasteiger partial charge is 0.420 e. The van der Waals surface area contributed by atoms with Crippen molar-refractivity contribution in [2.24, 2.45) is 5.41 Å². The van der Waals surface area contributed by atoms with Gasteiger partial charge in [-0.25, -0.2) is 4.39 Å². The van der Waals surface area contributed by atoms with Gasteiger partial charge in [0.25, 0.3) is 5.91 Å². The molecule has 1 spiro atoms. The number of amides is 1. The Morgan fingerprint density at radius 3 is 2.68 bits per heavy atom. The van der Waals surface area contributed by atoms with Crippen molar-refractivity contribution in [2.45, 2.75) is 25.7 Å². The topological polar surface area (TPSA) is 81.4 Å². The number of carbonyl (C=O) groups is 1. The molecule has 160 valence electrons. The molecule has 7 nitrogen and oxygen atoms in total. The summed E-state index contributed by atoms with van der Waals surface area (Å²) in [6.45, 7) is 3.95. The highest BCUT2D eigenvalue weighted by Crippen LogP contribution is 2.49. The summed E-state index contributed by atoms with van der Waals surface area (Å²) in [6.07, 6.45) is 4.96. The van der Waals surface area contributed by atoms with Gasteiger partial charge in [0.2, 0.25) is 11.8 Å². The van der Waals surface area contributed by atoms with Crippen LogP contribution in [0.1, 0.15) is 40.6 Å². The fourth-order valence-electron chi connectivity index (χ4n) is 4.64. The predicted octanol–water partition coefficient (Wildman–Crippen LogP) is 3.62. The number of ether oxygens (including phenoxy) is 1. The van der Waals surface area contributed by atoms with Crippen molar-refractivity contribution >= 4 is 5.91 Å². The molecular weight excluding hydrogens is 399 g/mol. The third-order valence-electron chi connectivity index (χ3n) is 6.51. The molecule has 0 aliphatic carbocycles. The van der Waals surface area contributed by atoms with Crippen LogP contribution in [0.2, 0.25) is 0 Å². The number of aromatic nitrogens is 3. The minimum atomic E-state index is -0.374. The van der Waals surface area contributed by atoms with Crippen LogP contribution in [0, 0.1) is 18.2 Å². The van der Waals surface area contributed by atoms with Crippen molar-refractivity contribution in [3.8, 4) is 11.5 Å². The quantitative estimate of drug-likeness (QED) is 0.641. The fraction of sp³-hybridized carbons (Fsp3) is 0.391. The predicted molar refractivity (Wildman–Crippen MR) is 110 cm³/mol. The molecule has 31 heavy (non-hydrogen) atoms. The van der Waals surface area contributed by atoms with Crippen LogP contribution in [-0.2, 0) is 4.74 Å². The lowest BCUT2D eigenvalue weighted by molar-refractivity contribution is 0.00908. The molecule has 1 unspecified atom stereocenters. The van der Waals surface area contributed by atoms with E-state index in [1.165, 1.54) is 6.07 Å². The Bertz CT molecular complexity index is 1100. The summed E-state index contributed by atoms with van der Waals surface area (Å²) in [4.78, 5) is 19.0. The SMILES string of the molecule is Cc1ccc(C(=O)N2CC(c3nnc(-c4ccncc4)o3)C3(CCOCC3)C2)cc1F.